The molecule has 2 heteroatoms. The molecule has 5 aliphatic rings. The molecule has 2 nitrogen and oxygen atoms in total. The van der Waals surface area contributed by atoms with Crippen molar-refractivity contribution >= 4 is 21.9 Å². The summed E-state index contributed by atoms with van der Waals surface area (Å²) >= 11 is 0. The van der Waals surface area contributed by atoms with Crippen LogP contribution < -0.4 is 4.57 Å². The van der Waals surface area contributed by atoms with Crippen LogP contribution >= 0.6 is 0 Å². The summed E-state index contributed by atoms with van der Waals surface area (Å²) in [6, 6.07) is 28.1. The van der Waals surface area contributed by atoms with Crippen molar-refractivity contribution in [1.29, 1.82) is 0 Å². The van der Waals surface area contributed by atoms with Crippen molar-refractivity contribution in [1.82, 2.24) is 0 Å². The Kier molecular flexibility index (Phi) is 6.13. The van der Waals surface area contributed by atoms with Gasteiger partial charge in [-0.1, -0.05) is 109 Å². The van der Waals surface area contributed by atoms with E-state index in [1.165, 1.54) is 108 Å². The van der Waals surface area contributed by atoms with E-state index in [9.17, 15) is 0 Å². The Morgan fingerprint density at radius 1 is 0.702 bits per heavy atom. The van der Waals surface area contributed by atoms with Crippen LogP contribution in [0.5, 0.6) is 0 Å². The van der Waals surface area contributed by atoms with E-state index in [1.807, 2.05) is 0 Å². The van der Waals surface area contributed by atoms with E-state index in [4.69, 9.17) is 4.42 Å². The number of hydrogen-bond donors (Lipinski definition) is 0. The zero-order valence-electron chi connectivity index (χ0n) is 28.8. The highest BCUT2D eigenvalue weighted by Crippen LogP contribution is 2.70. The lowest BCUT2D eigenvalue weighted by molar-refractivity contribution is -0.758. The van der Waals surface area contributed by atoms with Crippen LogP contribution in [-0.4, -0.2) is 0 Å². The Balaban J connectivity index is 1.32. The largest absolute Gasteiger partial charge is 0.456 e. The molecule has 0 saturated heterocycles. The van der Waals surface area contributed by atoms with E-state index in [-0.39, 0.29) is 11.0 Å². The fraction of sp³-hybridized carbons (Fsp3) is 0.489. The molecule has 5 aromatic rings. The highest BCUT2D eigenvalue weighted by atomic mass is 16.3. The lowest BCUT2D eigenvalue weighted by Gasteiger charge is -2.63. The van der Waals surface area contributed by atoms with Gasteiger partial charge in [-0.2, -0.15) is 4.57 Å². The first-order chi connectivity index (χ1) is 22.9. The van der Waals surface area contributed by atoms with E-state index in [0.29, 0.717) is 17.8 Å². The Morgan fingerprint density at radius 2 is 1.36 bits per heavy atom. The molecule has 47 heavy (non-hydrogen) atoms. The van der Waals surface area contributed by atoms with Crippen LogP contribution in [0, 0.1) is 35.5 Å². The van der Waals surface area contributed by atoms with Gasteiger partial charge >= 0.3 is 0 Å². The van der Waals surface area contributed by atoms with Crippen molar-refractivity contribution in [2.75, 3.05) is 0 Å². The maximum Gasteiger partial charge on any atom is 0.214 e. The SMILES string of the molecule is CC(C)C1C(C2CCCCC2)C2(c3ccc4c(c3-c3ccc5ccccc5[n+]32)C(C)(C)c2c-4oc3ccccc23)C1C1CCCCC1. The van der Waals surface area contributed by atoms with E-state index in [2.05, 4.69) is 105 Å². The third-order valence-electron chi connectivity index (χ3n) is 14.1. The first kappa shape index (κ1) is 28.6. The molecule has 3 saturated carbocycles. The van der Waals surface area contributed by atoms with E-state index in [0.717, 1.165) is 29.1 Å². The molecule has 0 radical (unpaired) electrons. The standard InChI is InChI=1S/C45H50NO/c1-27(2)37-39(29-16-7-5-8-17-29)45(40(37)30-18-9-6-10-19-30)33-25-24-32-41(38(33)35-26-23-28-15-11-13-21-34(28)46(35)45)44(3,4)42-31-20-12-14-22-36(31)47-43(32)42/h11-15,20-27,29-30,37,39-40H,5-10,16-19H2,1-4H3/q+1. The molecule has 1 aliphatic heterocycles. The van der Waals surface area contributed by atoms with Gasteiger partial charge in [0.15, 0.2) is 0 Å². The van der Waals surface area contributed by atoms with Gasteiger partial charge in [0.05, 0.1) is 5.56 Å². The molecule has 4 aliphatic carbocycles. The van der Waals surface area contributed by atoms with Crippen molar-refractivity contribution < 1.29 is 8.98 Å². The zero-order valence-corrected chi connectivity index (χ0v) is 28.8. The number of fused-ring (bicyclic) bond motifs is 13. The van der Waals surface area contributed by atoms with Crippen LogP contribution in [0.15, 0.2) is 77.2 Å². The monoisotopic (exact) mass is 620 g/mol. The molecule has 0 amide bonds. The van der Waals surface area contributed by atoms with Gasteiger partial charge in [0.1, 0.15) is 11.3 Å². The summed E-state index contributed by atoms with van der Waals surface area (Å²) in [6.45, 7) is 10.1. The van der Waals surface area contributed by atoms with Crippen molar-refractivity contribution in [3.05, 3.63) is 89.5 Å². The maximum atomic E-state index is 6.76. The van der Waals surface area contributed by atoms with Crippen LogP contribution in [0.2, 0.25) is 0 Å². The van der Waals surface area contributed by atoms with Gasteiger partial charge in [-0.25, -0.2) is 0 Å². The highest BCUT2D eigenvalue weighted by molar-refractivity contribution is 5.98. The third kappa shape index (κ3) is 3.55. The average molecular weight is 621 g/mol. The second-order valence-corrected chi connectivity index (χ2v) is 16.9. The minimum Gasteiger partial charge on any atom is -0.456 e. The van der Waals surface area contributed by atoms with Gasteiger partial charge in [0.2, 0.25) is 16.7 Å². The summed E-state index contributed by atoms with van der Waals surface area (Å²) in [4.78, 5) is 0. The minimum atomic E-state index is -0.153. The molecule has 3 fully saturated rings. The Hall–Kier alpha value is -3.39. The number of furan rings is 1. The molecule has 2 unspecified atom stereocenters. The van der Waals surface area contributed by atoms with Gasteiger partial charge < -0.3 is 4.42 Å². The molecule has 1 spiro atoms. The summed E-state index contributed by atoms with van der Waals surface area (Å²) in [5.41, 5.74) is 11.2. The molecule has 3 aromatic carbocycles. The number of aromatic nitrogens is 1. The Labute approximate surface area is 280 Å². The predicted molar refractivity (Wildman–Crippen MR) is 192 cm³/mol. The summed E-state index contributed by atoms with van der Waals surface area (Å²) in [6.07, 6.45) is 14.1. The first-order valence-corrected chi connectivity index (χ1v) is 19.1. The van der Waals surface area contributed by atoms with Crippen LogP contribution in [0.25, 0.3) is 44.5 Å². The van der Waals surface area contributed by atoms with Gasteiger partial charge in [0.25, 0.3) is 0 Å². The lowest BCUT2D eigenvalue weighted by atomic mass is 9.39. The quantitative estimate of drug-likeness (QED) is 0.183. The first-order valence-electron chi connectivity index (χ1n) is 19.1. The van der Waals surface area contributed by atoms with Crippen molar-refractivity contribution in [3.8, 4) is 22.6 Å². The van der Waals surface area contributed by atoms with E-state index >= 15 is 0 Å². The number of hydrogen-bond acceptors (Lipinski definition) is 1. The predicted octanol–water partition coefficient (Wildman–Crippen LogP) is 11.6. The number of nitrogens with zero attached hydrogens (tertiary/aromatic N) is 1. The topological polar surface area (TPSA) is 17.0 Å². The van der Waals surface area contributed by atoms with Crippen molar-refractivity contribution in [2.45, 2.75) is 103 Å². The van der Waals surface area contributed by atoms with Crippen molar-refractivity contribution in [2.24, 2.45) is 35.5 Å². The normalized spacial score (nSPS) is 28.1. The third-order valence-corrected chi connectivity index (χ3v) is 14.1. The van der Waals surface area contributed by atoms with Gasteiger partial charge in [-0.15, -0.1) is 0 Å². The molecular formula is C45H50NO+. The molecule has 240 valence electrons. The molecule has 0 bridgehead atoms. The highest BCUT2D eigenvalue weighted by Gasteiger charge is 2.76. The summed E-state index contributed by atoms with van der Waals surface area (Å²) in [5.74, 6) is 5.50. The van der Waals surface area contributed by atoms with Gasteiger partial charge in [-0.3, -0.25) is 0 Å². The summed E-state index contributed by atoms with van der Waals surface area (Å²) < 4.78 is 9.74. The molecule has 3 heterocycles. The molecule has 2 atom stereocenters. The van der Waals surface area contributed by atoms with Crippen LogP contribution in [0.4, 0.5) is 0 Å². The smallest absolute Gasteiger partial charge is 0.214 e. The average Bonchev–Trinajstić information content (AvgIpc) is 3.70. The van der Waals surface area contributed by atoms with Gasteiger partial charge in [-0.05, 0) is 73.1 Å². The lowest BCUT2D eigenvalue weighted by Crippen LogP contribution is -2.77. The van der Waals surface area contributed by atoms with Crippen LogP contribution in [-0.2, 0) is 11.0 Å². The summed E-state index contributed by atoms with van der Waals surface area (Å²) in [5, 5.41) is 2.66. The molecule has 0 N–H and O–H groups in total. The van der Waals surface area contributed by atoms with Crippen LogP contribution in [0.1, 0.15) is 109 Å². The van der Waals surface area contributed by atoms with Crippen LogP contribution in [0.3, 0.4) is 0 Å². The summed E-state index contributed by atoms with van der Waals surface area (Å²) in [7, 11) is 0. The molecular weight excluding hydrogens is 571 g/mol. The fourth-order valence-corrected chi connectivity index (χ4v) is 12.7. The second-order valence-electron chi connectivity index (χ2n) is 16.9. The maximum absolute atomic E-state index is 6.76. The molecule has 10 rings (SSSR count). The number of rotatable bonds is 3. The second kappa shape index (κ2) is 10.1. The fourth-order valence-electron chi connectivity index (χ4n) is 12.7. The zero-order chi connectivity index (χ0) is 31.7. The van der Waals surface area contributed by atoms with Crippen molar-refractivity contribution in [3.63, 3.8) is 0 Å². The number of para-hydroxylation sites is 2. The van der Waals surface area contributed by atoms with E-state index < -0.39 is 0 Å². The Morgan fingerprint density at radius 3 is 2.06 bits per heavy atom. The molecule has 2 aromatic heterocycles. The van der Waals surface area contributed by atoms with E-state index in [1.54, 1.807) is 5.56 Å². The number of benzene rings is 3. The Bertz CT molecular complexity index is 2020. The van der Waals surface area contributed by atoms with Gasteiger partial charge in [0, 0.05) is 56.8 Å². The minimum absolute atomic E-state index is 0.00138. The number of pyridine rings is 1.